The van der Waals surface area contributed by atoms with Crippen molar-refractivity contribution in [3.63, 3.8) is 0 Å². The second kappa shape index (κ2) is 7.52. The molecule has 0 aliphatic rings. The Morgan fingerprint density at radius 3 is 2.17 bits per heavy atom. The number of alkyl halides is 1. The maximum absolute atomic E-state index is 5.92. The van der Waals surface area contributed by atoms with Crippen LogP contribution in [0.2, 0.25) is 5.02 Å². The zero-order chi connectivity index (χ0) is 13.7. The van der Waals surface area contributed by atoms with Gasteiger partial charge in [0.15, 0.2) is 0 Å². The summed E-state index contributed by atoms with van der Waals surface area (Å²) in [7, 11) is 2.19. The number of halogens is 2. The first kappa shape index (κ1) is 16.0. The van der Waals surface area contributed by atoms with Gasteiger partial charge in [0.25, 0.3) is 0 Å². The molecule has 1 aromatic carbocycles. The summed E-state index contributed by atoms with van der Waals surface area (Å²) >= 11 is 9.54. The Morgan fingerprint density at radius 2 is 1.72 bits per heavy atom. The van der Waals surface area contributed by atoms with Crippen LogP contribution < -0.4 is 0 Å². The molecule has 0 saturated carbocycles. The van der Waals surface area contributed by atoms with Gasteiger partial charge in [0.05, 0.1) is 0 Å². The molecule has 1 rings (SSSR count). The largest absolute Gasteiger partial charge is 0.299 e. The van der Waals surface area contributed by atoms with Crippen LogP contribution in [0, 0.1) is 11.8 Å². The highest BCUT2D eigenvalue weighted by molar-refractivity contribution is 9.09. The second-order valence-corrected chi connectivity index (χ2v) is 6.41. The van der Waals surface area contributed by atoms with E-state index < -0.39 is 0 Å². The Kier molecular flexibility index (Phi) is 6.68. The lowest BCUT2D eigenvalue weighted by atomic mass is 9.96. The number of nitrogens with zero attached hydrogens (tertiary/aromatic N) is 1. The van der Waals surface area contributed by atoms with E-state index in [2.05, 4.69) is 60.8 Å². The van der Waals surface area contributed by atoms with Gasteiger partial charge in [-0.1, -0.05) is 53.5 Å². The van der Waals surface area contributed by atoms with E-state index in [1.807, 2.05) is 12.1 Å². The fraction of sp³-hybridized carbons (Fsp3) is 0.600. The van der Waals surface area contributed by atoms with Gasteiger partial charge in [-0.05, 0) is 43.5 Å². The number of hydrogen-bond acceptors (Lipinski definition) is 1. The molecule has 0 aliphatic heterocycles. The summed E-state index contributed by atoms with van der Waals surface area (Å²) in [5, 5.41) is 1.86. The van der Waals surface area contributed by atoms with E-state index in [4.69, 9.17) is 11.6 Å². The van der Waals surface area contributed by atoms with E-state index in [1.165, 1.54) is 5.56 Å². The Balaban J connectivity index is 2.65. The maximum Gasteiger partial charge on any atom is 0.0406 e. The Morgan fingerprint density at radius 1 is 1.17 bits per heavy atom. The van der Waals surface area contributed by atoms with Gasteiger partial charge in [0.2, 0.25) is 0 Å². The second-order valence-electron chi connectivity index (χ2n) is 5.33. The fourth-order valence-electron chi connectivity index (χ4n) is 1.96. The highest BCUT2D eigenvalue weighted by Gasteiger charge is 2.18. The summed E-state index contributed by atoms with van der Waals surface area (Å²) in [6.45, 7) is 7.92. The van der Waals surface area contributed by atoms with Crippen molar-refractivity contribution in [2.75, 3.05) is 18.9 Å². The Hall–Kier alpha value is -0.0500. The predicted molar refractivity (Wildman–Crippen MR) is 84.6 cm³/mol. The van der Waals surface area contributed by atoms with Gasteiger partial charge in [-0.3, -0.25) is 4.90 Å². The average molecular weight is 333 g/mol. The zero-order valence-electron chi connectivity index (χ0n) is 11.7. The van der Waals surface area contributed by atoms with Crippen LogP contribution >= 0.6 is 27.5 Å². The van der Waals surface area contributed by atoms with Crippen molar-refractivity contribution >= 4 is 27.5 Å². The molecular weight excluding hydrogens is 310 g/mol. The zero-order valence-corrected chi connectivity index (χ0v) is 14.0. The highest BCUT2D eigenvalue weighted by atomic mass is 79.9. The monoisotopic (exact) mass is 331 g/mol. The summed E-state index contributed by atoms with van der Waals surface area (Å²) < 4.78 is 0. The lowest BCUT2D eigenvalue weighted by Gasteiger charge is -2.30. The van der Waals surface area contributed by atoms with Gasteiger partial charge in [-0.25, -0.2) is 0 Å². The number of benzene rings is 1. The SMILES string of the molecule is CC(C)C(CBr)CN(C)C(C)c1ccc(Cl)cc1. The molecule has 0 aromatic heterocycles. The first-order chi connectivity index (χ1) is 8.45. The summed E-state index contributed by atoms with van der Waals surface area (Å²) in [5.41, 5.74) is 1.32. The maximum atomic E-state index is 5.92. The van der Waals surface area contributed by atoms with Gasteiger partial charge >= 0.3 is 0 Å². The van der Waals surface area contributed by atoms with Crippen LogP contribution in [0.5, 0.6) is 0 Å². The summed E-state index contributed by atoms with van der Waals surface area (Å²) in [4.78, 5) is 2.41. The molecule has 102 valence electrons. The van der Waals surface area contributed by atoms with Crippen molar-refractivity contribution in [2.45, 2.75) is 26.8 Å². The van der Waals surface area contributed by atoms with Crippen molar-refractivity contribution in [1.82, 2.24) is 4.90 Å². The van der Waals surface area contributed by atoms with E-state index in [9.17, 15) is 0 Å². The number of hydrogen-bond donors (Lipinski definition) is 0. The molecule has 1 nitrogen and oxygen atoms in total. The Labute approximate surface area is 125 Å². The molecule has 0 spiro atoms. The van der Waals surface area contributed by atoms with E-state index >= 15 is 0 Å². The van der Waals surface area contributed by atoms with Crippen LogP contribution in [-0.4, -0.2) is 23.8 Å². The van der Waals surface area contributed by atoms with Crippen LogP contribution in [-0.2, 0) is 0 Å². The molecular formula is C15H23BrClN. The highest BCUT2D eigenvalue weighted by Crippen LogP contribution is 2.23. The molecule has 0 heterocycles. The summed E-state index contributed by atoms with van der Waals surface area (Å²) in [5.74, 6) is 1.38. The smallest absolute Gasteiger partial charge is 0.0406 e. The van der Waals surface area contributed by atoms with Crippen molar-refractivity contribution < 1.29 is 0 Å². The standard InChI is InChI=1S/C15H23BrClN/c1-11(2)14(9-16)10-18(4)12(3)13-5-7-15(17)8-6-13/h5-8,11-12,14H,9-10H2,1-4H3. The van der Waals surface area contributed by atoms with Gasteiger partial charge < -0.3 is 0 Å². The minimum atomic E-state index is 0.419. The normalized spacial score (nSPS) is 15.1. The van der Waals surface area contributed by atoms with Crippen LogP contribution in [0.1, 0.15) is 32.4 Å². The average Bonchev–Trinajstić information content (AvgIpc) is 2.35. The first-order valence-corrected chi connectivity index (χ1v) is 7.97. The molecule has 0 saturated heterocycles. The van der Waals surface area contributed by atoms with Crippen molar-refractivity contribution in [2.24, 2.45) is 11.8 Å². The minimum absolute atomic E-state index is 0.419. The summed E-state index contributed by atoms with van der Waals surface area (Å²) in [6.07, 6.45) is 0. The third-order valence-electron chi connectivity index (χ3n) is 3.68. The molecule has 3 heteroatoms. The van der Waals surface area contributed by atoms with E-state index in [0.717, 1.165) is 16.9 Å². The summed E-state index contributed by atoms with van der Waals surface area (Å²) in [6, 6.07) is 8.57. The quantitative estimate of drug-likeness (QED) is 0.663. The van der Waals surface area contributed by atoms with Gasteiger partial charge in [0, 0.05) is 22.9 Å². The van der Waals surface area contributed by atoms with Crippen molar-refractivity contribution in [3.05, 3.63) is 34.9 Å². The van der Waals surface area contributed by atoms with Crippen LogP contribution in [0.4, 0.5) is 0 Å². The number of rotatable bonds is 6. The molecule has 0 fully saturated rings. The van der Waals surface area contributed by atoms with Crippen LogP contribution in [0.3, 0.4) is 0 Å². The Bertz CT molecular complexity index is 350. The molecule has 0 N–H and O–H groups in total. The van der Waals surface area contributed by atoms with E-state index in [1.54, 1.807) is 0 Å². The molecule has 0 aliphatic carbocycles. The lowest BCUT2D eigenvalue weighted by molar-refractivity contribution is 0.205. The van der Waals surface area contributed by atoms with E-state index in [0.29, 0.717) is 17.9 Å². The fourth-order valence-corrected chi connectivity index (χ4v) is 3.04. The molecule has 0 amide bonds. The first-order valence-electron chi connectivity index (χ1n) is 6.47. The van der Waals surface area contributed by atoms with Gasteiger partial charge in [-0.2, -0.15) is 0 Å². The van der Waals surface area contributed by atoms with Gasteiger partial charge in [0.1, 0.15) is 0 Å². The molecule has 1 aromatic rings. The molecule has 2 atom stereocenters. The minimum Gasteiger partial charge on any atom is -0.299 e. The molecule has 0 radical (unpaired) electrons. The third-order valence-corrected chi connectivity index (χ3v) is 4.76. The molecule has 2 unspecified atom stereocenters. The topological polar surface area (TPSA) is 3.24 Å². The lowest BCUT2D eigenvalue weighted by Crippen LogP contribution is -2.31. The molecule has 0 bridgehead atoms. The van der Waals surface area contributed by atoms with Crippen molar-refractivity contribution in [1.29, 1.82) is 0 Å². The van der Waals surface area contributed by atoms with E-state index in [-0.39, 0.29) is 0 Å². The van der Waals surface area contributed by atoms with Crippen LogP contribution in [0.25, 0.3) is 0 Å². The predicted octanol–water partition coefficient (Wildman–Crippen LogP) is 5.00. The van der Waals surface area contributed by atoms with Gasteiger partial charge in [-0.15, -0.1) is 0 Å². The van der Waals surface area contributed by atoms with Crippen molar-refractivity contribution in [3.8, 4) is 0 Å². The third kappa shape index (κ3) is 4.56. The van der Waals surface area contributed by atoms with Crippen LogP contribution in [0.15, 0.2) is 24.3 Å². The molecule has 18 heavy (non-hydrogen) atoms.